The molecule has 3 aromatic rings. The summed E-state index contributed by atoms with van der Waals surface area (Å²) in [6, 6.07) is 8.48. The van der Waals surface area contributed by atoms with Gasteiger partial charge in [-0.05, 0) is 54.6 Å². The smallest absolute Gasteiger partial charge is 0.280 e. The van der Waals surface area contributed by atoms with Gasteiger partial charge >= 0.3 is 6.18 Å². The van der Waals surface area contributed by atoms with Crippen molar-refractivity contribution in [3.63, 3.8) is 0 Å². The van der Waals surface area contributed by atoms with E-state index < -0.39 is 43.2 Å². The van der Waals surface area contributed by atoms with Crippen LogP contribution in [0, 0.1) is 0 Å². The molecule has 0 spiro atoms. The molecule has 182 valence electrons. The molecule has 34 heavy (non-hydrogen) atoms. The van der Waals surface area contributed by atoms with Crippen molar-refractivity contribution in [3.05, 3.63) is 80.3 Å². The van der Waals surface area contributed by atoms with Crippen molar-refractivity contribution < 1.29 is 30.0 Å². The first-order chi connectivity index (χ1) is 15.6. The van der Waals surface area contributed by atoms with Crippen molar-refractivity contribution in [2.24, 2.45) is 0 Å². The average molecular weight is 594 g/mol. The second-order valence-corrected chi connectivity index (χ2v) is 11.7. The summed E-state index contributed by atoms with van der Waals surface area (Å²) in [4.78, 5) is -0.755. The van der Waals surface area contributed by atoms with Gasteiger partial charge in [0.05, 0.1) is 46.8 Å². The van der Waals surface area contributed by atoms with Crippen molar-refractivity contribution in [3.8, 4) is 0 Å². The zero-order chi connectivity index (χ0) is 25.5. The third kappa shape index (κ3) is 6.21. The number of hydrogen-bond donors (Lipinski definition) is 2. The van der Waals surface area contributed by atoms with Crippen LogP contribution in [0.1, 0.15) is 5.56 Å². The van der Waals surface area contributed by atoms with Crippen molar-refractivity contribution in [1.82, 2.24) is 0 Å². The lowest BCUT2D eigenvalue weighted by Crippen LogP contribution is -2.17. The summed E-state index contributed by atoms with van der Waals surface area (Å²) in [5.41, 5.74) is -2.44. The van der Waals surface area contributed by atoms with Gasteiger partial charge in [0.25, 0.3) is 20.0 Å². The van der Waals surface area contributed by atoms with E-state index in [4.69, 9.17) is 46.4 Å². The maximum Gasteiger partial charge on any atom is 0.416 e. The molecule has 0 aliphatic heterocycles. The Kier molecular flexibility index (Phi) is 7.57. The van der Waals surface area contributed by atoms with E-state index >= 15 is 0 Å². The zero-order valence-corrected chi connectivity index (χ0v) is 20.9. The minimum atomic E-state index is -4.92. The van der Waals surface area contributed by atoms with Crippen molar-refractivity contribution in [2.75, 3.05) is 9.44 Å². The third-order valence-electron chi connectivity index (χ3n) is 4.17. The summed E-state index contributed by atoms with van der Waals surface area (Å²) >= 11 is 23.2. The molecule has 0 saturated carbocycles. The van der Waals surface area contributed by atoms with E-state index in [0.29, 0.717) is 12.1 Å². The Morgan fingerprint density at radius 1 is 0.588 bits per heavy atom. The Hall–Kier alpha value is -1.89. The van der Waals surface area contributed by atoms with Crippen molar-refractivity contribution in [2.45, 2.75) is 16.0 Å². The highest BCUT2D eigenvalue weighted by Crippen LogP contribution is 2.35. The van der Waals surface area contributed by atoms with Crippen LogP contribution in [0.25, 0.3) is 0 Å². The topological polar surface area (TPSA) is 92.3 Å². The summed E-state index contributed by atoms with van der Waals surface area (Å²) in [6.07, 6.45) is -4.92. The maximum absolute atomic E-state index is 13.4. The highest BCUT2D eigenvalue weighted by molar-refractivity contribution is 7.93. The van der Waals surface area contributed by atoms with Crippen molar-refractivity contribution >= 4 is 77.8 Å². The van der Waals surface area contributed by atoms with E-state index in [9.17, 15) is 30.0 Å². The highest BCUT2D eigenvalue weighted by Gasteiger charge is 2.32. The van der Waals surface area contributed by atoms with E-state index in [-0.39, 0.29) is 29.9 Å². The predicted molar refractivity (Wildman–Crippen MR) is 126 cm³/mol. The monoisotopic (exact) mass is 592 g/mol. The molecular formula is C19H11Cl4F3N2O4S2. The van der Waals surface area contributed by atoms with Gasteiger partial charge in [-0.2, -0.15) is 13.2 Å². The summed E-state index contributed by atoms with van der Waals surface area (Å²) in [7, 11) is -8.82. The van der Waals surface area contributed by atoms with Crippen LogP contribution in [0.15, 0.2) is 64.4 Å². The van der Waals surface area contributed by atoms with Gasteiger partial charge in [-0.15, -0.1) is 0 Å². The number of benzene rings is 3. The summed E-state index contributed by atoms with van der Waals surface area (Å²) < 4.78 is 94.9. The van der Waals surface area contributed by atoms with Crippen LogP contribution in [-0.2, 0) is 26.2 Å². The fourth-order valence-corrected chi connectivity index (χ4v) is 5.48. The molecule has 0 unspecified atom stereocenters. The first-order valence-corrected chi connectivity index (χ1v) is 13.2. The van der Waals surface area contributed by atoms with Gasteiger partial charge in [0.15, 0.2) is 0 Å². The molecule has 0 bridgehead atoms. The third-order valence-corrected chi connectivity index (χ3v) is 8.40. The minimum Gasteiger partial charge on any atom is -0.280 e. The number of alkyl halides is 3. The van der Waals surface area contributed by atoms with Gasteiger partial charge in [-0.3, -0.25) is 9.44 Å². The second-order valence-electron chi connectivity index (χ2n) is 6.66. The van der Waals surface area contributed by atoms with E-state index in [1.54, 1.807) is 0 Å². The number of anilines is 2. The molecule has 0 amide bonds. The van der Waals surface area contributed by atoms with E-state index in [1.807, 2.05) is 9.44 Å². The molecule has 0 radical (unpaired) electrons. The molecule has 6 nitrogen and oxygen atoms in total. The second kappa shape index (κ2) is 9.63. The van der Waals surface area contributed by atoms with Gasteiger partial charge in [0, 0.05) is 0 Å². The molecule has 0 fully saturated rings. The van der Waals surface area contributed by atoms with Gasteiger partial charge in [-0.25, -0.2) is 16.8 Å². The Morgan fingerprint density at radius 3 is 1.29 bits per heavy atom. The first kappa shape index (κ1) is 26.7. The highest BCUT2D eigenvalue weighted by atomic mass is 35.5. The Balaban J connectivity index is 2.03. The van der Waals surface area contributed by atoms with E-state index in [1.165, 1.54) is 12.1 Å². The number of hydrogen-bond acceptors (Lipinski definition) is 4. The van der Waals surface area contributed by atoms with E-state index in [0.717, 1.165) is 30.3 Å². The fraction of sp³-hybridized carbons (Fsp3) is 0.0526. The van der Waals surface area contributed by atoms with Gasteiger partial charge in [-0.1, -0.05) is 46.4 Å². The van der Waals surface area contributed by atoms with Gasteiger partial charge in [0.2, 0.25) is 0 Å². The standard InChI is InChI=1S/C19H11Cl4F3N2O4S2/c20-15-3-1-13(8-17(15)22)33(29,30)27-11-5-10(19(24,25)26)6-12(7-11)28-34(31,32)14-2-4-16(21)18(23)9-14/h1-9,27-28H. The Labute approximate surface area is 212 Å². The average Bonchev–Trinajstić information content (AvgIpc) is 2.70. The van der Waals surface area contributed by atoms with Gasteiger partial charge in [0.1, 0.15) is 0 Å². The first-order valence-electron chi connectivity index (χ1n) is 8.76. The molecule has 3 rings (SSSR count). The zero-order valence-electron chi connectivity index (χ0n) is 16.3. The summed E-state index contributed by atoms with van der Waals surface area (Å²) in [5, 5.41) is -0.0512. The number of sulfonamides is 2. The largest absolute Gasteiger partial charge is 0.416 e. The molecule has 0 aromatic heterocycles. The lowest BCUT2D eigenvalue weighted by atomic mass is 10.2. The van der Waals surface area contributed by atoms with Crippen LogP contribution in [-0.4, -0.2) is 16.8 Å². The SMILES string of the molecule is O=S(=O)(Nc1cc(NS(=O)(=O)c2ccc(Cl)c(Cl)c2)cc(C(F)(F)F)c1)c1ccc(Cl)c(Cl)c1. The predicted octanol–water partition coefficient (Wildman–Crippen LogP) is 6.92. The van der Waals surface area contributed by atoms with Crippen molar-refractivity contribution in [1.29, 1.82) is 0 Å². The molecule has 0 aliphatic rings. The normalized spacial score (nSPS) is 12.4. The molecule has 2 N–H and O–H groups in total. The van der Waals surface area contributed by atoms with Crippen LogP contribution in [0.5, 0.6) is 0 Å². The van der Waals surface area contributed by atoms with Crippen LogP contribution < -0.4 is 9.44 Å². The number of rotatable bonds is 6. The molecule has 15 heteroatoms. The number of halogens is 7. The molecule has 3 aromatic carbocycles. The molecular weight excluding hydrogens is 583 g/mol. The summed E-state index contributed by atoms with van der Waals surface area (Å²) in [5.74, 6) is 0. The van der Waals surface area contributed by atoms with Crippen LogP contribution in [0.3, 0.4) is 0 Å². The Bertz CT molecular complexity index is 1380. The lowest BCUT2D eigenvalue weighted by molar-refractivity contribution is -0.137. The van der Waals surface area contributed by atoms with Crippen LogP contribution >= 0.6 is 46.4 Å². The van der Waals surface area contributed by atoms with Crippen LogP contribution in [0.4, 0.5) is 24.5 Å². The molecule has 0 saturated heterocycles. The molecule has 0 aliphatic carbocycles. The maximum atomic E-state index is 13.4. The molecule has 0 heterocycles. The minimum absolute atomic E-state index is 0.0682. The van der Waals surface area contributed by atoms with Gasteiger partial charge < -0.3 is 0 Å². The van der Waals surface area contributed by atoms with E-state index in [2.05, 4.69) is 0 Å². The lowest BCUT2D eigenvalue weighted by Gasteiger charge is -2.15. The molecule has 0 atom stereocenters. The summed E-state index contributed by atoms with van der Waals surface area (Å²) in [6.45, 7) is 0. The number of nitrogens with one attached hydrogen (secondary N) is 2. The Morgan fingerprint density at radius 2 is 0.971 bits per heavy atom. The quantitative estimate of drug-likeness (QED) is 0.324. The fourth-order valence-electron chi connectivity index (χ4n) is 2.63. The van der Waals surface area contributed by atoms with Crippen LogP contribution in [0.2, 0.25) is 20.1 Å².